The van der Waals surface area contributed by atoms with E-state index in [2.05, 4.69) is 9.97 Å². The van der Waals surface area contributed by atoms with Gasteiger partial charge in [-0.05, 0) is 37.0 Å². The molecule has 1 aromatic carbocycles. The molecule has 1 aliphatic rings. The summed E-state index contributed by atoms with van der Waals surface area (Å²) in [6.07, 6.45) is 4.54. The van der Waals surface area contributed by atoms with E-state index in [4.69, 9.17) is 16.0 Å². The molecular formula is C21H14ClN3O4S. The highest BCUT2D eigenvalue weighted by Crippen LogP contribution is 2.35. The molecule has 7 nitrogen and oxygen atoms in total. The summed E-state index contributed by atoms with van der Waals surface area (Å²) in [7, 11) is 0. The summed E-state index contributed by atoms with van der Waals surface area (Å²) in [5.41, 5.74) is 1.50. The number of hydrogen-bond acceptors (Lipinski definition) is 6. The second kappa shape index (κ2) is 7.23. The number of H-pyrrole nitrogens is 1. The van der Waals surface area contributed by atoms with Gasteiger partial charge in [-0.15, -0.1) is 11.3 Å². The fourth-order valence-corrected chi connectivity index (χ4v) is 5.13. The molecule has 0 spiro atoms. The van der Waals surface area contributed by atoms with Crippen molar-refractivity contribution in [2.24, 2.45) is 0 Å². The SMILES string of the molecule is O=c1[nH]c(/C(Cl)=C/c2ccc(-c3cccc([N+](=O)[O-])c3)o2)nc2sc3c(c12)CCC3. The number of nitrogens with zero attached hydrogens (tertiary/aromatic N) is 2. The van der Waals surface area contributed by atoms with Gasteiger partial charge in [-0.1, -0.05) is 23.7 Å². The molecular weight excluding hydrogens is 426 g/mol. The van der Waals surface area contributed by atoms with E-state index in [0.717, 1.165) is 24.8 Å². The third-order valence-corrected chi connectivity index (χ3v) is 6.51. The molecule has 5 rings (SSSR count). The van der Waals surface area contributed by atoms with Gasteiger partial charge in [-0.3, -0.25) is 14.9 Å². The van der Waals surface area contributed by atoms with Gasteiger partial charge < -0.3 is 9.40 Å². The molecule has 0 radical (unpaired) electrons. The van der Waals surface area contributed by atoms with E-state index >= 15 is 0 Å². The van der Waals surface area contributed by atoms with Crippen molar-refractivity contribution in [3.63, 3.8) is 0 Å². The van der Waals surface area contributed by atoms with Gasteiger partial charge >= 0.3 is 0 Å². The third-order valence-electron chi connectivity index (χ3n) is 5.04. The predicted octanol–water partition coefficient (Wildman–Crippen LogP) is 5.38. The molecule has 30 heavy (non-hydrogen) atoms. The Morgan fingerprint density at radius 1 is 1.30 bits per heavy atom. The van der Waals surface area contributed by atoms with E-state index in [9.17, 15) is 14.9 Å². The van der Waals surface area contributed by atoms with Crippen LogP contribution in [0.5, 0.6) is 0 Å². The first kappa shape index (κ1) is 18.8. The summed E-state index contributed by atoms with van der Waals surface area (Å²) in [4.78, 5) is 32.3. The first-order chi connectivity index (χ1) is 14.5. The van der Waals surface area contributed by atoms with Crippen molar-refractivity contribution in [2.45, 2.75) is 19.3 Å². The molecule has 9 heteroatoms. The van der Waals surface area contributed by atoms with Crippen LogP contribution in [-0.4, -0.2) is 14.9 Å². The summed E-state index contributed by atoms with van der Waals surface area (Å²) in [6.45, 7) is 0. The summed E-state index contributed by atoms with van der Waals surface area (Å²) >= 11 is 7.96. The van der Waals surface area contributed by atoms with Crippen molar-refractivity contribution in [3.05, 3.63) is 78.9 Å². The van der Waals surface area contributed by atoms with Crippen molar-refractivity contribution in [1.29, 1.82) is 0 Å². The molecule has 0 unspecified atom stereocenters. The Balaban J connectivity index is 1.48. The van der Waals surface area contributed by atoms with Crippen LogP contribution in [0.15, 0.2) is 45.6 Å². The fourth-order valence-electron chi connectivity index (χ4n) is 3.67. The highest BCUT2D eigenvalue weighted by Gasteiger charge is 2.21. The maximum absolute atomic E-state index is 12.6. The van der Waals surface area contributed by atoms with Crippen LogP contribution < -0.4 is 5.56 Å². The lowest BCUT2D eigenvalue weighted by atomic mass is 10.1. The number of thiophene rings is 1. The van der Waals surface area contributed by atoms with E-state index in [1.807, 2.05) is 0 Å². The summed E-state index contributed by atoms with van der Waals surface area (Å²) < 4.78 is 5.76. The number of nitro benzene ring substituents is 1. The maximum atomic E-state index is 12.6. The highest BCUT2D eigenvalue weighted by molar-refractivity contribution is 7.18. The zero-order chi connectivity index (χ0) is 20.8. The van der Waals surface area contributed by atoms with Gasteiger partial charge in [0.1, 0.15) is 16.4 Å². The summed E-state index contributed by atoms with van der Waals surface area (Å²) in [6, 6.07) is 9.59. The lowest BCUT2D eigenvalue weighted by molar-refractivity contribution is -0.384. The number of halogens is 1. The monoisotopic (exact) mass is 439 g/mol. The first-order valence-corrected chi connectivity index (χ1v) is 10.5. The third kappa shape index (κ3) is 3.24. The normalized spacial score (nSPS) is 13.7. The number of aryl methyl sites for hydroxylation is 2. The van der Waals surface area contributed by atoms with Crippen LogP contribution in [0.25, 0.3) is 32.6 Å². The molecule has 0 saturated carbocycles. The quantitative estimate of drug-likeness (QED) is 0.339. The van der Waals surface area contributed by atoms with E-state index < -0.39 is 4.92 Å². The van der Waals surface area contributed by atoms with Crippen LogP contribution in [-0.2, 0) is 12.8 Å². The number of aromatic amines is 1. The van der Waals surface area contributed by atoms with Crippen molar-refractivity contribution in [1.82, 2.24) is 9.97 Å². The molecule has 3 aromatic heterocycles. The van der Waals surface area contributed by atoms with Gasteiger partial charge in [-0.25, -0.2) is 4.98 Å². The lowest BCUT2D eigenvalue weighted by Gasteiger charge is -2.00. The smallest absolute Gasteiger partial charge is 0.270 e. The van der Waals surface area contributed by atoms with Gasteiger partial charge in [0, 0.05) is 28.6 Å². The van der Waals surface area contributed by atoms with Crippen LogP contribution in [0.1, 0.15) is 28.4 Å². The van der Waals surface area contributed by atoms with Crippen molar-refractivity contribution >= 4 is 50.0 Å². The fraction of sp³-hybridized carbons (Fsp3) is 0.143. The zero-order valence-corrected chi connectivity index (χ0v) is 17.0. The van der Waals surface area contributed by atoms with Crippen LogP contribution in [0.3, 0.4) is 0 Å². The number of fused-ring (bicyclic) bond motifs is 3. The second-order valence-electron chi connectivity index (χ2n) is 6.95. The Morgan fingerprint density at radius 3 is 3.00 bits per heavy atom. The zero-order valence-electron chi connectivity index (χ0n) is 15.5. The maximum Gasteiger partial charge on any atom is 0.270 e. The van der Waals surface area contributed by atoms with Crippen LogP contribution in [0.2, 0.25) is 0 Å². The minimum atomic E-state index is -0.456. The van der Waals surface area contributed by atoms with Crippen molar-refractivity contribution in [3.8, 4) is 11.3 Å². The number of nitro groups is 1. The van der Waals surface area contributed by atoms with Crippen molar-refractivity contribution in [2.75, 3.05) is 0 Å². The lowest BCUT2D eigenvalue weighted by Crippen LogP contribution is -2.10. The molecule has 4 aromatic rings. The van der Waals surface area contributed by atoms with Gasteiger partial charge in [0.25, 0.3) is 11.2 Å². The largest absolute Gasteiger partial charge is 0.457 e. The minimum absolute atomic E-state index is 0.0167. The number of non-ortho nitro benzene ring substituents is 1. The van der Waals surface area contributed by atoms with Gasteiger partial charge in [0.05, 0.1) is 15.3 Å². The minimum Gasteiger partial charge on any atom is -0.457 e. The summed E-state index contributed by atoms with van der Waals surface area (Å²) in [5.74, 6) is 1.20. The number of aromatic nitrogens is 2. The van der Waals surface area contributed by atoms with E-state index in [0.29, 0.717) is 27.3 Å². The van der Waals surface area contributed by atoms with E-state index in [1.54, 1.807) is 41.7 Å². The Morgan fingerprint density at radius 2 is 2.17 bits per heavy atom. The van der Waals surface area contributed by atoms with Crippen LogP contribution in [0.4, 0.5) is 5.69 Å². The van der Waals surface area contributed by atoms with E-state index in [1.165, 1.54) is 17.0 Å². The van der Waals surface area contributed by atoms with Gasteiger partial charge in [0.2, 0.25) is 0 Å². The highest BCUT2D eigenvalue weighted by atomic mass is 35.5. The molecule has 1 N–H and O–H groups in total. The number of rotatable bonds is 4. The van der Waals surface area contributed by atoms with Crippen molar-refractivity contribution < 1.29 is 9.34 Å². The van der Waals surface area contributed by atoms with Gasteiger partial charge in [0.15, 0.2) is 5.82 Å². The number of hydrogen-bond donors (Lipinski definition) is 1. The number of nitrogens with one attached hydrogen (secondary N) is 1. The van der Waals surface area contributed by atoms with Crippen LogP contribution in [0, 0.1) is 10.1 Å². The Labute approximate surface area is 178 Å². The molecule has 1 aliphatic carbocycles. The molecule has 150 valence electrons. The molecule has 3 heterocycles. The average molecular weight is 440 g/mol. The van der Waals surface area contributed by atoms with Crippen LogP contribution >= 0.6 is 22.9 Å². The van der Waals surface area contributed by atoms with E-state index in [-0.39, 0.29) is 22.1 Å². The molecule has 0 amide bonds. The molecule has 0 aliphatic heterocycles. The number of benzene rings is 1. The number of furan rings is 1. The Bertz CT molecular complexity index is 1400. The Kier molecular flexibility index (Phi) is 4.52. The molecule has 0 bridgehead atoms. The molecule has 0 fully saturated rings. The Hall–Kier alpha value is -3.23. The predicted molar refractivity (Wildman–Crippen MR) is 117 cm³/mol. The molecule has 0 saturated heterocycles. The molecule has 0 atom stereocenters. The average Bonchev–Trinajstić information content (AvgIpc) is 3.43. The first-order valence-electron chi connectivity index (χ1n) is 9.26. The standard InChI is InChI=1S/C21H14ClN3O4S/c22-15(19-23-20(26)18-14-5-2-6-17(14)30-21(18)24-19)10-13-7-8-16(29-13)11-3-1-4-12(9-11)25(27)28/h1,3-4,7-10H,2,5-6H2,(H,23,24,26)/b15-10-. The van der Waals surface area contributed by atoms with Gasteiger partial charge in [-0.2, -0.15) is 0 Å². The topological polar surface area (TPSA) is 102 Å². The second-order valence-corrected chi connectivity index (χ2v) is 8.44. The summed E-state index contributed by atoms with van der Waals surface area (Å²) in [5, 5.41) is 11.9.